The first kappa shape index (κ1) is 9.92. The molecule has 1 saturated heterocycles. The summed E-state index contributed by atoms with van der Waals surface area (Å²) in [4.78, 5) is 2.43. The van der Waals surface area contributed by atoms with Gasteiger partial charge in [-0.25, -0.2) is 0 Å². The van der Waals surface area contributed by atoms with Crippen molar-refractivity contribution >= 4 is 0 Å². The Bertz CT molecular complexity index is 63.7. The maximum Gasteiger partial charge on any atom is 0.00638 e. The van der Waals surface area contributed by atoms with E-state index >= 15 is 0 Å². The summed E-state index contributed by atoms with van der Waals surface area (Å²) in [5.41, 5.74) is 4.50. The Hall–Kier alpha value is -0.0800. The lowest BCUT2D eigenvalue weighted by molar-refractivity contribution is 0.200. The Kier molecular flexibility index (Phi) is 5.64. The van der Waals surface area contributed by atoms with Gasteiger partial charge in [-0.3, -0.25) is 0 Å². The molecule has 1 rings (SSSR count). The van der Waals surface area contributed by atoms with Crippen LogP contribution in [-0.4, -0.2) is 31.6 Å². The number of nitrogens with zero attached hydrogens (tertiary/aromatic N) is 1. The van der Waals surface area contributed by atoms with Gasteiger partial charge in [-0.15, -0.1) is 0 Å². The Balaban J connectivity index is 0.000000371. The lowest BCUT2D eigenvalue weighted by atomic mass is 10.1. The van der Waals surface area contributed by atoms with Crippen LogP contribution in [0.4, 0.5) is 0 Å². The van der Waals surface area contributed by atoms with E-state index in [0.29, 0.717) is 0 Å². The molecule has 2 nitrogen and oxygen atoms in total. The van der Waals surface area contributed by atoms with Crippen molar-refractivity contribution in [3.8, 4) is 0 Å². The molecule has 0 spiro atoms. The molecule has 2 N–H and O–H groups in total. The Morgan fingerprint density at radius 3 is 2.20 bits per heavy atom. The second-order valence-corrected chi connectivity index (χ2v) is 2.83. The highest BCUT2D eigenvalue weighted by atomic mass is 15.1. The minimum atomic E-state index is 0.837. The van der Waals surface area contributed by atoms with E-state index in [-0.39, 0.29) is 0 Å². The second kappa shape index (κ2) is 5.69. The minimum Gasteiger partial charge on any atom is -0.333 e. The van der Waals surface area contributed by atoms with Crippen LogP contribution in [0.1, 0.15) is 26.2 Å². The average Bonchev–Trinajstić information content (AvgIpc) is 2.00. The van der Waals surface area contributed by atoms with E-state index in [1.54, 1.807) is 0 Å². The van der Waals surface area contributed by atoms with E-state index in [9.17, 15) is 0 Å². The summed E-state index contributed by atoms with van der Waals surface area (Å²) in [6.07, 6.45) is 4.24. The predicted octanol–water partition coefficient (Wildman–Crippen LogP) is 1.07. The van der Waals surface area contributed by atoms with Gasteiger partial charge in [0.15, 0.2) is 0 Å². The SMILES string of the molecule is CC1CCCCN1C.CN. The van der Waals surface area contributed by atoms with Gasteiger partial charge in [0.1, 0.15) is 0 Å². The molecule has 0 saturated carbocycles. The summed E-state index contributed by atoms with van der Waals surface area (Å²) in [5, 5.41) is 0. The molecule has 0 amide bonds. The van der Waals surface area contributed by atoms with Crippen LogP contribution in [0.25, 0.3) is 0 Å². The fraction of sp³-hybridized carbons (Fsp3) is 1.00. The number of rotatable bonds is 0. The molecule has 0 radical (unpaired) electrons. The second-order valence-electron chi connectivity index (χ2n) is 2.83. The van der Waals surface area contributed by atoms with Crippen molar-refractivity contribution in [1.82, 2.24) is 4.90 Å². The standard InChI is InChI=1S/C7H15N.CH5N/c1-7-5-3-4-6-8(7)2;1-2/h7H,3-6H2,1-2H3;2H2,1H3. The summed E-state index contributed by atoms with van der Waals surface area (Å²) in [6, 6.07) is 0.837. The molecule has 0 aliphatic carbocycles. The molecule has 62 valence electrons. The maximum absolute atomic E-state index is 4.50. The van der Waals surface area contributed by atoms with Gasteiger partial charge < -0.3 is 10.6 Å². The van der Waals surface area contributed by atoms with Gasteiger partial charge in [-0.05, 0) is 40.4 Å². The number of likely N-dealkylation sites (tertiary alicyclic amines) is 1. The molecule has 1 unspecified atom stereocenters. The maximum atomic E-state index is 4.50. The largest absolute Gasteiger partial charge is 0.333 e. The van der Waals surface area contributed by atoms with Crippen molar-refractivity contribution in [2.45, 2.75) is 32.2 Å². The molecule has 2 heteroatoms. The monoisotopic (exact) mass is 144 g/mol. The van der Waals surface area contributed by atoms with Crippen molar-refractivity contribution in [3.63, 3.8) is 0 Å². The third-order valence-electron chi connectivity index (χ3n) is 2.14. The first-order chi connectivity index (χ1) is 4.80. The fourth-order valence-electron chi connectivity index (χ4n) is 1.24. The highest BCUT2D eigenvalue weighted by molar-refractivity contribution is 4.68. The zero-order valence-electron chi connectivity index (χ0n) is 7.43. The fourth-order valence-corrected chi connectivity index (χ4v) is 1.24. The molecule has 1 aliphatic heterocycles. The first-order valence-corrected chi connectivity index (χ1v) is 4.08. The molecule has 10 heavy (non-hydrogen) atoms. The van der Waals surface area contributed by atoms with Gasteiger partial charge in [-0.2, -0.15) is 0 Å². The smallest absolute Gasteiger partial charge is 0.00638 e. The van der Waals surface area contributed by atoms with Crippen molar-refractivity contribution in [2.75, 3.05) is 20.6 Å². The molecule has 1 heterocycles. The van der Waals surface area contributed by atoms with E-state index < -0.39 is 0 Å². The molecular formula is C8H20N2. The number of hydrogen-bond acceptors (Lipinski definition) is 2. The summed E-state index contributed by atoms with van der Waals surface area (Å²) in [7, 11) is 3.71. The van der Waals surface area contributed by atoms with Crippen molar-refractivity contribution in [2.24, 2.45) is 5.73 Å². The van der Waals surface area contributed by atoms with Crippen molar-refractivity contribution in [1.29, 1.82) is 0 Å². The summed E-state index contributed by atoms with van der Waals surface area (Å²) in [5.74, 6) is 0. The van der Waals surface area contributed by atoms with Crippen LogP contribution in [0, 0.1) is 0 Å². The highest BCUT2D eigenvalue weighted by Crippen LogP contribution is 2.13. The summed E-state index contributed by atoms with van der Waals surface area (Å²) >= 11 is 0. The van der Waals surface area contributed by atoms with Gasteiger partial charge >= 0.3 is 0 Å². The van der Waals surface area contributed by atoms with Gasteiger partial charge in [0.25, 0.3) is 0 Å². The quantitative estimate of drug-likeness (QED) is 0.551. The van der Waals surface area contributed by atoms with Crippen molar-refractivity contribution < 1.29 is 0 Å². The van der Waals surface area contributed by atoms with Gasteiger partial charge in [0.05, 0.1) is 0 Å². The van der Waals surface area contributed by atoms with Crippen LogP contribution in [0.3, 0.4) is 0 Å². The Morgan fingerprint density at radius 1 is 1.30 bits per heavy atom. The third-order valence-corrected chi connectivity index (χ3v) is 2.14. The lowest BCUT2D eigenvalue weighted by Crippen LogP contribution is -2.33. The van der Waals surface area contributed by atoms with Crippen LogP contribution in [0.5, 0.6) is 0 Å². The zero-order chi connectivity index (χ0) is 7.98. The average molecular weight is 144 g/mol. The van der Waals surface area contributed by atoms with E-state index in [1.165, 1.54) is 32.9 Å². The van der Waals surface area contributed by atoms with E-state index in [2.05, 4.69) is 24.6 Å². The third kappa shape index (κ3) is 3.18. The minimum absolute atomic E-state index is 0.837. The van der Waals surface area contributed by atoms with Crippen LogP contribution < -0.4 is 5.73 Å². The van der Waals surface area contributed by atoms with Gasteiger partial charge in [0, 0.05) is 6.04 Å². The van der Waals surface area contributed by atoms with Gasteiger partial charge in [0.2, 0.25) is 0 Å². The first-order valence-electron chi connectivity index (χ1n) is 4.08. The highest BCUT2D eigenvalue weighted by Gasteiger charge is 2.12. The summed E-state index contributed by atoms with van der Waals surface area (Å²) < 4.78 is 0. The Morgan fingerprint density at radius 2 is 1.90 bits per heavy atom. The zero-order valence-corrected chi connectivity index (χ0v) is 7.43. The number of piperidine rings is 1. The van der Waals surface area contributed by atoms with Crippen LogP contribution >= 0.6 is 0 Å². The van der Waals surface area contributed by atoms with Crippen LogP contribution in [0.2, 0.25) is 0 Å². The molecule has 0 aromatic heterocycles. The molecule has 0 bridgehead atoms. The molecule has 0 aromatic rings. The molecule has 1 atom stereocenters. The number of nitrogens with two attached hydrogens (primary N) is 1. The van der Waals surface area contributed by atoms with Crippen LogP contribution in [0.15, 0.2) is 0 Å². The molecule has 0 aromatic carbocycles. The molecule has 1 fully saturated rings. The van der Waals surface area contributed by atoms with Crippen LogP contribution in [-0.2, 0) is 0 Å². The predicted molar refractivity (Wildman–Crippen MR) is 46.1 cm³/mol. The molecular weight excluding hydrogens is 124 g/mol. The number of hydrogen-bond donors (Lipinski definition) is 1. The van der Waals surface area contributed by atoms with E-state index in [0.717, 1.165) is 6.04 Å². The summed E-state index contributed by atoms with van der Waals surface area (Å²) in [6.45, 7) is 3.61. The van der Waals surface area contributed by atoms with Crippen molar-refractivity contribution in [3.05, 3.63) is 0 Å². The topological polar surface area (TPSA) is 29.3 Å². The Labute approximate surface area is 64.4 Å². The van der Waals surface area contributed by atoms with Gasteiger partial charge in [-0.1, -0.05) is 6.42 Å². The normalized spacial score (nSPS) is 27.0. The molecule has 1 aliphatic rings. The lowest BCUT2D eigenvalue weighted by Gasteiger charge is -2.29. The van der Waals surface area contributed by atoms with E-state index in [1.807, 2.05) is 0 Å². The van der Waals surface area contributed by atoms with E-state index in [4.69, 9.17) is 0 Å².